The minimum absolute atomic E-state index is 0. The second-order valence-electron chi connectivity index (χ2n) is 10.4. The first-order chi connectivity index (χ1) is 19.3. The van der Waals surface area contributed by atoms with Crippen LogP contribution in [-0.4, -0.2) is 41.0 Å². The van der Waals surface area contributed by atoms with Crippen molar-refractivity contribution in [3.63, 3.8) is 0 Å². The fraction of sp³-hybridized carbons (Fsp3) is 0.294. The Balaban J connectivity index is 0.00000308. The van der Waals surface area contributed by atoms with E-state index in [-0.39, 0.29) is 34.9 Å². The third kappa shape index (κ3) is 9.85. The average molecular weight is 613 g/mol. The molecule has 1 amide bonds. The molecule has 2 unspecified atom stereocenters. The summed E-state index contributed by atoms with van der Waals surface area (Å²) in [6.45, 7) is 4.79. The highest BCUT2D eigenvalue weighted by molar-refractivity contribution is 6.42. The summed E-state index contributed by atoms with van der Waals surface area (Å²) in [6, 6.07) is 30.0. The van der Waals surface area contributed by atoms with E-state index in [4.69, 9.17) is 27.9 Å². The molecule has 1 aromatic heterocycles. The largest absolute Gasteiger partial charge is 0.491 e. The van der Waals surface area contributed by atoms with Crippen molar-refractivity contribution in [3.05, 3.63) is 130 Å². The van der Waals surface area contributed by atoms with Gasteiger partial charge in [0.15, 0.2) is 12.4 Å². The lowest BCUT2D eigenvalue weighted by Crippen LogP contribution is -2.44. The average Bonchev–Trinajstić information content (AvgIpc) is 2.95. The van der Waals surface area contributed by atoms with Crippen LogP contribution >= 0.6 is 23.2 Å². The number of amides is 1. The molecule has 2 atom stereocenters. The topological polar surface area (TPSA) is 96.4 Å². The molecule has 0 saturated carbocycles. The number of aromatic nitrogens is 1. The van der Waals surface area contributed by atoms with Crippen LogP contribution in [0.1, 0.15) is 42.9 Å². The highest BCUT2D eigenvalue weighted by Crippen LogP contribution is 2.33. The molecule has 8 heteroatoms. The lowest BCUT2D eigenvalue weighted by Gasteiger charge is -2.35. The molecule has 0 aliphatic heterocycles. The minimum Gasteiger partial charge on any atom is -0.491 e. The zero-order chi connectivity index (χ0) is 28.5. The summed E-state index contributed by atoms with van der Waals surface area (Å²) in [4.78, 5) is 15.8. The number of pyridine rings is 1. The number of halogens is 2. The zero-order valence-corrected chi connectivity index (χ0v) is 25.9. The van der Waals surface area contributed by atoms with Crippen molar-refractivity contribution in [2.24, 2.45) is 0 Å². The Morgan fingerprint density at radius 1 is 0.833 bits per heavy atom. The third-order valence-corrected chi connectivity index (χ3v) is 7.86. The summed E-state index contributed by atoms with van der Waals surface area (Å²) in [7, 11) is 1.92. The van der Waals surface area contributed by atoms with E-state index in [0.29, 0.717) is 22.9 Å². The number of hydrogen-bond acceptors (Lipinski definition) is 2. The summed E-state index contributed by atoms with van der Waals surface area (Å²) in [5, 5.41) is 1.04. The predicted octanol–water partition coefficient (Wildman–Crippen LogP) is 5.91. The number of hydrogen-bond donors (Lipinski definition) is 0. The van der Waals surface area contributed by atoms with Gasteiger partial charge in [-0.2, -0.15) is 0 Å². The molecule has 4 rings (SSSR count). The maximum absolute atomic E-state index is 13.8. The highest BCUT2D eigenvalue weighted by Gasteiger charge is 2.31. The maximum Gasteiger partial charge on any atom is 0.227 e. The highest BCUT2D eigenvalue weighted by atomic mass is 35.5. The molecule has 4 aromatic rings. The van der Waals surface area contributed by atoms with Crippen LogP contribution in [0.15, 0.2) is 103 Å². The Hall–Kier alpha value is -3.42. The Morgan fingerprint density at radius 3 is 2.17 bits per heavy atom. The number of rotatable bonds is 12. The summed E-state index contributed by atoms with van der Waals surface area (Å²) < 4.78 is 8.04. The standard InChI is InChI=1S/C34H37Cl2N2O2.2H2O/c1-25(2)40-29-14-10-13-27(21-29)23-34(39)37(3)33(22-26-11-6-4-7-12-26)30(17-20-38-18-8-5-9-19-38)28-15-16-31(35)32(36)24-28;;/h4-16,18-19,21,24-25,30,33H,17,20,22-23H2,1-3H3;2*1H2/q+1;;. The van der Waals surface area contributed by atoms with Crippen molar-refractivity contribution in [2.45, 2.75) is 57.7 Å². The van der Waals surface area contributed by atoms with Crippen LogP contribution in [0.3, 0.4) is 0 Å². The third-order valence-electron chi connectivity index (χ3n) is 7.12. The molecule has 0 aliphatic carbocycles. The first-order valence-corrected chi connectivity index (χ1v) is 14.5. The van der Waals surface area contributed by atoms with Crippen LogP contribution < -0.4 is 9.30 Å². The second kappa shape index (κ2) is 16.9. The maximum atomic E-state index is 13.8. The van der Waals surface area contributed by atoms with Crippen LogP contribution in [0.2, 0.25) is 10.0 Å². The van der Waals surface area contributed by atoms with Crippen molar-refractivity contribution >= 4 is 29.1 Å². The first kappa shape index (κ1) is 34.8. The van der Waals surface area contributed by atoms with Gasteiger partial charge in [-0.3, -0.25) is 4.79 Å². The molecular formula is C34H41Cl2N2O4+. The molecule has 0 spiro atoms. The lowest BCUT2D eigenvalue weighted by atomic mass is 9.84. The molecule has 0 fully saturated rings. The van der Waals surface area contributed by atoms with Crippen molar-refractivity contribution in [1.29, 1.82) is 0 Å². The van der Waals surface area contributed by atoms with Crippen LogP contribution in [0.25, 0.3) is 0 Å². The quantitative estimate of drug-likeness (QED) is 0.186. The van der Waals surface area contributed by atoms with Crippen LogP contribution in [0, 0.1) is 0 Å². The monoisotopic (exact) mass is 611 g/mol. The van der Waals surface area contributed by atoms with Gasteiger partial charge in [0.2, 0.25) is 5.91 Å². The van der Waals surface area contributed by atoms with Gasteiger partial charge in [-0.05, 0) is 61.2 Å². The van der Waals surface area contributed by atoms with E-state index in [1.807, 2.05) is 105 Å². The molecular weight excluding hydrogens is 571 g/mol. The van der Waals surface area contributed by atoms with Crippen molar-refractivity contribution in [1.82, 2.24) is 4.90 Å². The van der Waals surface area contributed by atoms with Gasteiger partial charge >= 0.3 is 0 Å². The summed E-state index contributed by atoms with van der Waals surface area (Å²) in [5.74, 6) is 0.852. The number of likely N-dealkylation sites (N-methyl/N-ethyl adjacent to an activating group) is 1. The van der Waals surface area contributed by atoms with E-state index in [0.717, 1.165) is 29.8 Å². The molecule has 0 bridgehead atoms. The van der Waals surface area contributed by atoms with Crippen LogP contribution in [0.4, 0.5) is 0 Å². The predicted molar refractivity (Wildman–Crippen MR) is 170 cm³/mol. The van der Waals surface area contributed by atoms with E-state index in [2.05, 4.69) is 29.1 Å². The van der Waals surface area contributed by atoms with Gasteiger partial charge in [0.25, 0.3) is 0 Å². The van der Waals surface area contributed by atoms with Gasteiger partial charge in [-0.25, -0.2) is 4.57 Å². The minimum atomic E-state index is -0.105. The number of nitrogens with zero attached hydrogens (tertiary/aromatic N) is 2. The Morgan fingerprint density at radius 2 is 1.50 bits per heavy atom. The fourth-order valence-electron chi connectivity index (χ4n) is 5.09. The lowest BCUT2D eigenvalue weighted by molar-refractivity contribution is -0.697. The van der Waals surface area contributed by atoms with E-state index < -0.39 is 0 Å². The molecule has 1 heterocycles. The Bertz CT molecular complexity index is 1390. The Kier molecular flexibility index (Phi) is 14.0. The van der Waals surface area contributed by atoms with Crippen molar-refractivity contribution in [2.75, 3.05) is 7.05 Å². The number of aryl methyl sites for hydroxylation is 1. The first-order valence-electron chi connectivity index (χ1n) is 13.7. The van der Waals surface area contributed by atoms with Gasteiger partial charge in [0.1, 0.15) is 12.3 Å². The van der Waals surface area contributed by atoms with Gasteiger partial charge in [-0.15, -0.1) is 0 Å². The van der Waals surface area contributed by atoms with E-state index >= 15 is 0 Å². The molecule has 0 radical (unpaired) electrons. The van der Waals surface area contributed by atoms with Gasteiger partial charge in [-0.1, -0.05) is 77.8 Å². The number of carbonyl (C=O) groups is 1. The fourth-order valence-corrected chi connectivity index (χ4v) is 5.39. The molecule has 6 nitrogen and oxygen atoms in total. The summed E-state index contributed by atoms with van der Waals surface area (Å²) >= 11 is 12.8. The Labute approximate surface area is 259 Å². The molecule has 224 valence electrons. The van der Waals surface area contributed by atoms with E-state index in [1.165, 1.54) is 5.56 Å². The van der Waals surface area contributed by atoms with Crippen LogP contribution in [-0.2, 0) is 24.2 Å². The molecule has 0 aliphatic rings. The summed E-state index contributed by atoms with van der Waals surface area (Å²) in [6.07, 6.45) is 6.03. The van der Waals surface area contributed by atoms with Crippen LogP contribution in [0.5, 0.6) is 5.75 Å². The SMILES string of the molecule is CC(C)Oc1cccc(CC(=O)N(C)C(Cc2ccccc2)C(CC[n+]2ccccc2)c2ccc(Cl)c(Cl)c2)c1.O.O. The second-order valence-corrected chi connectivity index (χ2v) is 11.2. The number of carbonyl (C=O) groups excluding carboxylic acids is 1. The van der Waals surface area contributed by atoms with Gasteiger partial charge in [0, 0.05) is 37.6 Å². The normalized spacial score (nSPS) is 12.0. The summed E-state index contributed by atoms with van der Waals surface area (Å²) in [5.41, 5.74) is 3.18. The smallest absolute Gasteiger partial charge is 0.227 e. The molecule has 4 N–H and O–H groups in total. The van der Waals surface area contributed by atoms with Crippen molar-refractivity contribution < 1.29 is 25.1 Å². The zero-order valence-electron chi connectivity index (χ0n) is 24.3. The van der Waals surface area contributed by atoms with Gasteiger partial charge in [0.05, 0.1) is 22.6 Å². The van der Waals surface area contributed by atoms with Gasteiger partial charge < -0.3 is 20.6 Å². The number of ether oxygens (including phenoxy) is 1. The van der Waals surface area contributed by atoms with E-state index in [1.54, 1.807) is 0 Å². The van der Waals surface area contributed by atoms with E-state index in [9.17, 15) is 4.79 Å². The van der Waals surface area contributed by atoms with Crippen molar-refractivity contribution in [3.8, 4) is 5.75 Å². The molecule has 0 saturated heterocycles. The molecule has 42 heavy (non-hydrogen) atoms. The molecule has 3 aromatic carbocycles. The number of benzene rings is 3.